The van der Waals surface area contributed by atoms with Crippen LogP contribution in [-0.2, 0) is 12.0 Å². The van der Waals surface area contributed by atoms with Crippen LogP contribution in [0.1, 0.15) is 37.1 Å². The zero-order valence-electron chi connectivity index (χ0n) is 16.4. The predicted octanol–water partition coefficient (Wildman–Crippen LogP) is 3.44. The van der Waals surface area contributed by atoms with E-state index in [0.717, 1.165) is 42.8 Å². The normalized spacial score (nSPS) is 13.8. The number of thiophene rings is 1. The van der Waals surface area contributed by atoms with Crippen LogP contribution in [0, 0.1) is 10.1 Å². The van der Waals surface area contributed by atoms with Gasteiger partial charge in [-0.2, -0.15) is 0 Å². The lowest BCUT2D eigenvalue weighted by Gasteiger charge is -2.20. The van der Waals surface area contributed by atoms with Gasteiger partial charge in [0.15, 0.2) is 5.96 Å². The minimum absolute atomic E-state index is 0.121. The molecule has 1 heterocycles. The number of benzene rings is 1. The molecule has 0 aliphatic heterocycles. The average Bonchev–Trinajstić information content (AvgIpc) is 3.22. The number of unbranched alkanes of at least 4 members (excludes halogenated alkanes) is 1. The number of aryl methyl sites for hydroxylation is 1. The van der Waals surface area contributed by atoms with Gasteiger partial charge < -0.3 is 15.7 Å². The molecule has 8 heteroatoms. The zero-order valence-corrected chi connectivity index (χ0v) is 17.2. The summed E-state index contributed by atoms with van der Waals surface area (Å²) in [5, 5.41) is 29.7. The van der Waals surface area contributed by atoms with E-state index in [1.807, 2.05) is 36.6 Å². The molecule has 2 rings (SSSR count). The van der Waals surface area contributed by atoms with Crippen LogP contribution < -0.4 is 10.6 Å². The van der Waals surface area contributed by atoms with Gasteiger partial charge in [0, 0.05) is 30.1 Å². The molecule has 152 valence electrons. The fraction of sp³-hybridized carbons (Fsp3) is 0.450. The molecule has 0 amide bonds. The van der Waals surface area contributed by atoms with E-state index in [1.54, 1.807) is 19.1 Å². The topological polar surface area (TPSA) is 99.8 Å². The summed E-state index contributed by atoms with van der Waals surface area (Å²) in [7, 11) is 0. The van der Waals surface area contributed by atoms with Crippen molar-refractivity contribution in [3.8, 4) is 0 Å². The van der Waals surface area contributed by atoms with Gasteiger partial charge >= 0.3 is 0 Å². The van der Waals surface area contributed by atoms with Gasteiger partial charge in [0.2, 0.25) is 0 Å². The van der Waals surface area contributed by atoms with Crippen LogP contribution in [0.3, 0.4) is 0 Å². The van der Waals surface area contributed by atoms with E-state index < -0.39 is 5.60 Å². The quantitative estimate of drug-likeness (QED) is 0.185. The van der Waals surface area contributed by atoms with E-state index in [-0.39, 0.29) is 17.2 Å². The second-order valence-electron chi connectivity index (χ2n) is 6.75. The highest BCUT2D eigenvalue weighted by Crippen LogP contribution is 2.25. The number of nitro benzene ring substituents is 1. The van der Waals surface area contributed by atoms with Crippen LogP contribution in [0.4, 0.5) is 5.69 Å². The van der Waals surface area contributed by atoms with Crippen LogP contribution in [0.25, 0.3) is 0 Å². The molecule has 1 aromatic carbocycles. The summed E-state index contributed by atoms with van der Waals surface area (Å²) in [6.07, 6.45) is 2.79. The van der Waals surface area contributed by atoms with Gasteiger partial charge in [-0.3, -0.25) is 10.1 Å². The molecule has 0 aliphatic carbocycles. The first-order chi connectivity index (χ1) is 13.4. The van der Waals surface area contributed by atoms with Gasteiger partial charge in [0.1, 0.15) is 5.60 Å². The third-order valence-corrected chi connectivity index (χ3v) is 5.40. The molecule has 0 saturated heterocycles. The Hall–Kier alpha value is -2.45. The second-order valence-corrected chi connectivity index (χ2v) is 7.70. The third-order valence-electron chi connectivity index (χ3n) is 4.27. The standard InChI is InChI=1S/C20H28N4O3S/c1-3-21-19(23-15-20(2,25)18-8-6-14-28-18)22-13-5-4-7-16-9-11-17(12-10-16)24(26)27/h6,8-12,14,25H,3-5,7,13,15H2,1-2H3,(H2,21,22,23). The van der Waals surface area contributed by atoms with E-state index in [0.29, 0.717) is 5.96 Å². The molecule has 0 fully saturated rings. The Morgan fingerprint density at radius 2 is 2.00 bits per heavy atom. The number of nitro groups is 1. The van der Waals surface area contributed by atoms with Crippen LogP contribution >= 0.6 is 11.3 Å². The van der Waals surface area contributed by atoms with Gasteiger partial charge in [0.25, 0.3) is 5.69 Å². The monoisotopic (exact) mass is 404 g/mol. The van der Waals surface area contributed by atoms with Gasteiger partial charge in [-0.25, -0.2) is 4.99 Å². The Kier molecular flexibility index (Phi) is 8.41. The maximum atomic E-state index is 10.7. The van der Waals surface area contributed by atoms with Crippen LogP contribution in [0.5, 0.6) is 0 Å². The Bertz CT molecular complexity index is 758. The first-order valence-corrected chi connectivity index (χ1v) is 10.3. The SMILES string of the molecule is CCNC(=NCC(C)(O)c1cccs1)NCCCCc1ccc([N+](=O)[O-])cc1. The van der Waals surface area contributed by atoms with E-state index >= 15 is 0 Å². The summed E-state index contributed by atoms with van der Waals surface area (Å²) < 4.78 is 0. The highest BCUT2D eigenvalue weighted by Gasteiger charge is 2.23. The molecule has 0 aliphatic rings. The molecule has 0 bridgehead atoms. The lowest BCUT2D eigenvalue weighted by molar-refractivity contribution is -0.384. The molecular weight excluding hydrogens is 376 g/mol. The van der Waals surface area contributed by atoms with E-state index in [4.69, 9.17) is 0 Å². The number of hydrogen-bond donors (Lipinski definition) is 3. The Morgan fingerprint density at radius 3 is 2.61 bits per heavy atom. The van der Waals surface area contributed by atoms with Crippen molar-refractivity contribution in [1.82, 2.24) is 10.6 Å². The molecule has 1 aromatic heterocycles. The summed E-state index contributed by atoms with van der Waals surface area (Å²) in [5.41, 5.74) is 0.236. The summed E-state index contributed by atoms with van der Waals surface area (Å²) in [6, 6.07) is 10.5. The van der Waals surface area contributed by atoms with Gasteiger partial charge in [-0.05, 0) is 50.1 Å². The number of nitrogens with zero attached hydrogens (tertiary/aromatic N) is 2. The van der Waals surface area contributed by atoms with Crippen molar-refractivity contribution in [2.24, 2.45) is 4.99 Å². The van der Waals surface area contributed by atoms with Crippen molar-refractivity contribution in [1.29, 1.82) is 0 Å². The number of nitrogens with one attached hydrogen (secondary N) is 2. The first-order valence-electron chi connectivity index (χ1n) is 9.44. The van der Waals surface area contributed by atoms with Gasteiger partial charge in [-0.1, -0.05) is 18.2 Å². The van der Waals surface area contributed by atoms with Crippen molar-refractivity contribution in [2.75, 3.05) is 19.6 Å². The van der Waals surface area contributed by atoms with Crippen molar-refractivity contribution in [3.63, 3.8) is 0 Å². The Morgan fingerprint density at radius 1 is 1.25 bits per heavy atom. The summed E-state index contributed by atoms with van der Waals surface area (Å²) >= 11 is 1.52. The smallest absolute Gasteiger partial charge is 0.269 e. The van der Waals surface area contributed by atoms with Crippen LogP contribution in [0.15, 0.2) is 46.8 Å². The Balaban J connectivity index is 1.75. The zero-order chi connectivity index (χ0) is 20.4. The summed E-state index contributed by atoms with van der Waals surface area (Å²) in [4.78, 5) is 15.7. The molecule has 7 nitrogen and oxygen atoms in total. The molecular formula is C20H28N4O3S. The molecule has 1 atom stereocenters. The van der Waals surface area contributed by atoms with Crippen molar-refractivity contribution in [3.05, 3.63) is 62.3 Å². The van der Waals surface area contributed by atoms with Crippen molar-refractivity contribution >= 4 is 23.0 Å². The lowest BCUT2D eigenvalue weighted by Crippen LogP contribution is -2.39. The third kappa shape index (κ3) is 6.94. The lowest BCUT2D eigenvalue weighted by atomic mass is 10.1. The number of aliphatic imine (C=N–C) groups is 1. The minimum Gasteiger partial charge on any atom is -0.383 e. The molecule has 0 saturated carbocycles. The maximum Gasteiger partial charge on any atom is 0.269 e. The minimum atomic E-state index is -0.980. The number of hydrogen-bond acceptors (Lipinski definition) is 5. The fourth-order valence-electron chi connectivity index (χ4n) is 2.68. The molecule has 28 heavy (non-hydrogen) atoms. The molecule has 3 N–H and O–H groups in total. The maximum absolute atomic E-state index is 10.7. The molecule has 2 aromatic rings. The highest BCUT2D eigenvalue weighted by molar-refractivity contribution is 7.10. The van der Waals surface area contributed by atoms with Crippen molar-refractivity contribution < 1.29 is 10.0 Å². The Labute approximate surface area is 169 Å². The fourth-order valence-corrected chi connectivity index (χ4v) is 3.46. The second kappa shape index (κ2) is 10.8. The highest BCUT2D eigenvalue weighted by atomic mass is 32.1. The molecule has 0 spiro atoms. The predicted molar refractivity (Wildman–Crippen MR) is 114 cm³/mol. The van der Waals surface area contributed by atoms with Gasteiger partial charge in [-0.15, -0.1) is 11.3 Å². The summed E-state index contributed by atoms with van der Waals surface area (Å²) in [6.45, 7) is 5.57. The average molecular weight is 405 g/mol. The van der Waals surface area contributed by atoms with E-state index in [2.05, 4.69) is 15.6 Å². The van der Waals surface area contributed by atoms with Gasteiger partial charge in [0.05, 0.1) is 11.5 Å². The largest absolute Gasteiger partial charge is 0.383 e. The van der Waals surface area contributed by atoms with Crippen LogP contribution in [0.2, 0.25) is 0 Å². The van der Waals surface area contributed by atoms with Crippen LogP contribution in [-0.4, -0.2) is 35.6 Å². The molecule has 1 unspecified atom stereocenters. The number of guanidine groups is 1. The van der Waals surface area contributed by atoms with E-state index in [1.165, 1.54) is 11.3 Å². The first kappa shape index (κ1) is 21.8. The molecule has 0 radical (unpaired) electrons. The number of non-ortho nitro benzene ring substituents is 1. The van der Waals surface area contributed by atoms with Crippen molar-refractivity contribution in [2.45, 2.75) is 38.7 Å². The summed E-state index contributed by atoms with van der Waals surface area (Å²) in [5.74, 6) is 0.690. The number of rotatable bonds is 10. The van der Waals surface area contributed by atoms with E-state index in [9.17, 15) is 15.2 Å². The number of aliphatic hydroxyl groups is 1.